The van der Waals surface area contributed by atoms with Gasteiger partial charge < -0.3 is 5.32 Å². The lowest BCUT2D eigenvalue weighted by atomic mass is 10.2. The van der Waals surface area contributed by atoms with Crippen LogP contribution in [0.25, 0.3) is 0 Å². The lowest BCUT2D eigenvalue weighted by Crippen LogP contribution is -2.47. The number of nitrogens with one attached hydrogen (secondary N) is 1. The summed E-state index contributed by atoms with van der Waals surface area (Å²) >= 11 is 0. The number of hydrogen-bond donors (Lipinski definition) is 1. The van der Waals surface area contributed by atoms with Crippen LogP contribution >= 0.6 is 21.6 Å². The SMILES string of the molecule is CCCCCSSC(C)(C)CN1CCNCC1. The Morgan fingerprint density at radius 3 is 2.53 bits per heavy atom. The van der Waals surface area contributed by atoms with E-state index in [1.54, 1.807) is 0 Å². The first-order valence-corrected chi connectivity index (χ1v) is 9.19. The first kappa shape index (κ1) is 15.7. The van der Waals surface area contributed by atoms with Gasteiger partial charge in [0.15, 0.2) is 0 Å². The second-order valence-corrected chi connectivity index (χ2v) is 8.52. The summed E-state index contributed by atoms with van der Waals surface area (Å²) in [5, 5.41) is 3.41. The van der Waals surface area contributed by atoms with E-state index in [4.69, 9.17) is 0 Å². The zero-order chi connectivity index (χ0) is 12.6. The van der Waals surface area contributed by atoms with E-state index < -0.39 is 0 Å². The molecule has 0 amide bonds. The Kier molecular flexibility index (Phi) is 8.00. The highest BCUT2D eigenvalue weighted by Gasteiger charge is 2.23. The van der Waals surface area contributed by atoms with Crippen molar-refractivity contribution in [1.29, 1.82) is 0 Å². The summed E-state index contributed by atoms with van der Waals surface area (Å²) in [4.78, 5) is 2.59. The smallest absolute Gasteiger partial charge is 0.0334 e. The van der Waals surface area contributed by atoms with Crippen LogP contribution in [0.3, 0.4) is 0 Å². The Hall–Kier alpha value is 0.620. The van der Waals surface area contributed by atoms with Gasteiger partial charge in [0.1, 0.15) is 0 Å². The third-order valence-corrected chi connectivity index (χ3v) is 6.29. The van der Waals surface area contributed by atoms with Crippen molar-refractivity contribution < 1.29 is 0 Å². The Labute approximate surface area is 115 Å². The van der Waals surface area contributed by atoms with Gasteiger partial charge in [0.2, 0.25) is 0 Å². The van der Waals surface area contributed by atoms with Crippen molar-refractivity contribution in [2.75, 3.05) is 38.5 Å². The van der Waals surface area contributed by atoms with Gasteiger partial charge in [-0.1, -0.05) is 41.4 Å². The third kappa shape index (κ3) is 7.60. The predicted octanol–water partition coefficient (Wildman–Crippen LogP) is 3.24. The van der Waals surface area contributed by atoms with Crippen molar-refractivity contribution in [3.63, 3.8) is 0 Å². The molecule has 0 spiro atoms. The van der Waals surface area contributed by atoms with Crippen LogP contribution in [0.15, 0.2) is 0 Å². The molecule has 0 aromatic heterocycles. The van der Waals surface area contributed by atoms with Crippen molar-refractivity contribution in [2.24, 2.45) is 0 Å². The van der Waals surface area contributed by atoms with Gasteiger partial charge in [0, 0.05) is 43.2 Å². The Morgan fingerprint density at radius 1 is 1.18 bits per heavy atom. The number of nitrogens with zero attached hydrogens (tertiary/aromatic N) is 1. The molecule has 0 saturated carbocycles. The Balaban J connectivity index is 2.11. The van der Waals surface area contributed by atoms with Crippen LogP contribution in [-0.2, 0) is 0 Å². The van der Waals surface area contributed by atoms with Crippen molar-refractivity contribution in [2.45, 2.75) is 44.8 Å². The Bertz CT molecular complexity index is 192. The van der Waals surface area contributed by atoms with E-state index in [0.29, 0.717) is 4.75 Å². The molecule has 0 atom stereocenters. The first-order valence-electron chi connectivity index (χ1n) is 6.88. The molecule has 1 N–H and O–H groups in total. The van der Waals surface area contributed by atoms with Gasteiger partial charge in [-0.2, -0.15) is 0 Å². The summed E-state index contributed by atoms with van der Waals surface area (Å²) < 4.78 is 0.383. The number of piperazine rings is 1. The molecule has 4 heteroatoms. The van der Waals surface area contributed by atoms with Crippen LogP contribution in [0, 0.1) is 0 Å². The summed E-state index contributed by atoms with van der Waals surface area (Å²) in [6, 6.07) is 0. The average molecular weight is 277 g/mol. The van der Waals surface area contributed by atoms with Crippen molar-refractivity contribution in [3.8, 4) is 0 Å². The number of hydrogen-bond acceptors (Lipinski definition) is 4. The lowest BCUT2D eigenvalue weighted by Gasteiger charge is -2.34. The highest BCUT2D eigenvalue weighted by Crippen LogP contribution is 2.36. The molecule has 1 saturated heterocycles. The second-order valence-electron chi connectivity index (χ2n) is 5.40. The van der Waals surface area contributed by atoms with Crippen LogP contribution in [0.5, 0.6) is 0 Å². The number of rotatable bonds is 8. The molecule has 0 aliphatic carbocycles. The van der Waals surface area contributed by atoms with Gasteiger partial charge in [-0.25, -0.2) is 0 Å². The Morgan fingerprint density at radius 2 is 1.88 bits per heavy atom. The standard InChI is InChI=1S/C13H28N2S2/c1-4-5-6-11-16-17-13(2,3)12-15-9-7-14-8-10-15/h14H,4-12H2,1-3H3. The summed E-state index contributed by atoms with van der Waals surface area (Å²) in [6.45, 7) is 13.0. The molecule has 0 radical (unpaired) electrons. The molecule has 1 aliphatic rings. The van der Waals surface area contributed by atoms with Crippen LogP contribution in [-0.4, -0.2) is 48.1 Å². The zero-order valence-corrected chi connectivity index (χ0v) is 13.3. The molecule has 0 aromatic rings. The van der Waals surface area contributed by atoms with Gasteiger partial charge in [-0.05, 0) is 20.3 Å². The van der Waals surface area contributed by atoms with E-state index in [2.05, 4.69) is 52.6 Å². The molecule has 2 nitrogen and oxygen atoms in total. The predicted molar refractivity (Wildman–Crippen MR) is 83.0 cm³/mol. The zero-order valence-electron chi connectivity index (χ0n) is 11.6. The molecule has 1 rings (SSSR count). The summed E-state index contributed by atoms with van der Waals surface area (Å²) in [6.07, 6.45) is 4.08. The molecular formula is C13H28N2S2. The molecule has 1 heterocycles. The van der Waals surface area contributed by atoms with Gasteiger partial charge in [-0.3, -0.25) is 4.90 Å². The molecular weight excluding hydrogens is 248 g/mol. The van der Waals surface area contributed by atoms with Gasteiger partial charge in [0.25, 0.3) is 0 Å². The normalized spacial score (nSPS) is 18.5. The number of unbranched alkanes of at least 4 members (excludes halogenated alkanes) is 2. The molecule has 1 aliphatic heterocycles. The van der Waals surface area contributed by atoms with Gasteiger partial charge in [-0.15, -0.1) is 0 Å². The maximum Gasteiger partial charge on any atom is 0.0334 e. The van der Waals surface area contributed by atoms with Crippen molar-refractivity contribution in [1.82, 2.24) is 10.2 Å². The van der Waals surface area contributed by atoms with Gasteiger partial charge >= 0.3 is 0 Å². The summed E-state index contributed by atoms with van der Waals surface area (Å²) in [5.41, 5.74) is 0. The summed E-state index contributed by atoms with van der Waals surface area (Å²) in [5.74, 6) is 1.31. The van der Waals surface area contributed by atoms with Crippen LogP contribution in [0.2, 0.25) is 0 Å². The minimum atomic E-state index is 0.383. The minimum absolute atomic E-state index is 0.383. The molecule has 102 valence electrons. The van der Waals surface area contributed by atoms with E-state index in [0.717, 1.165) is 13.1 Å². The quantitative estimate of drug-likeness (QED) is 0.540. The van der Waals surface area contributed by atoms with E-state index in [-0.39, 0.29) is 0 Å². The fraction of sp³-hybridized carbons (Fsp3) is 1.00. The van der Waals surface area contributed by atoms with Crippen molar-refractivity contribution >= 4 is 21.6 Å². The fourth-order valence-corrected chi connectivity index (χ4v) is 4.72. The second kappa shape index (κ2) is 8.68. The topological polar surface area (TPSA) is 15.3 Å². The van der Waals surface area contributed by atoms with Crippen LogP contribution in [0.4, 0.5) is 0 Å². The van der Waals surface area contributed by atoms with E-state index >= 15 is 0 Å². The van der Waals surface area contributed by atoms with Crippen molar-refractivity contribution in [3.05, 3.63) is 0 Å². The molecule has 17 heavy (non-hydrogen) atoms. The maximum atomic E-state index is 3.41. The van der Waals surface area contributed by atoms with Crippen LogP contribution < -0.4 is 5.32 Å². The monoisotopic (exact) mass is 276 g/mol. The average Bonchev–Trinajstić information content (AvgIpc) is 2.29. The van der Waals surface area contributed by atoms with E-state index in [9.17, 15) is 0 Å². The van der Waals surface area contributed by atoms with Crippen LogP contribution in [0.1, 0.15) is 40.0 Å². The third-order valence-electron chi connectivity index (χ3n) is 2.93. The molecule has 0 unspecified atom stereocenters. The lowest BCUT2D eigenvalue weighted by molar-refractivity contribution is 0.227. The molecule has 1 fully saturated rings. The van der Waals surface area contributed by atoms with E-state index in [1.165, 1.54) is 44.6 Å². The summed E-state index contributed by atoms with van der Waals surface area (Å²) in [7, 11) is 4.14. The first-order chi connectivity index (χ1) is 8.14. The van der Waals surface area contributed by atoms with Gasteiger partial charge in [0.05, 0.1) is 0 Å². The maximum absolute atomic E-state index is 3.41. The fourth-order valence-electron chi connectivity index (χ4n) is 2.05. The highest BCUT2D eigenvalue weighted by atomic mass is 33.1. The molecule has 0 aromatic carbocycles. The largest absolute Gasteiger partial charge is 0.314 e. The highest BCUT2D eigenvalue weighted by molar-refractivity contribution is 8.77. The van der Waals surface area contributed by atoms with E-state index in [1.807, 2.05) is 0 Å². The molecule has 0 bridgehead atoms. The minimum Gasteiger partial charge on any atom is -0.314 e.